The predicted molar refractivity (Wildman–Crippen MR) is 117 cm³/mol. The van der Waals surface area contributed by atoms with Gasteiger partial charge >= 0.3 is 0 Å². The number of hydrogen-bond donors (Lipinski definition) is 2. The molecule has 4 rings (SSSR count). The van der Waals surface area contributed by atoms with Gasteiger partial charge in [-0.25, -0.2) is 0 Å². The van der Waals surface area contributed by atoms with Gasteiger partial charge in [0.1, 0.15) is 0 Å². The minimum atomic E-state index is -0.470. The summed E-state index contributed by atoms with van der Waals surface area (Å²) in [5, 5.41) is 10.0. The van der Waals surface area contributed by atoms with Crippen LogP contribution in [0.3, 0.4) is 0 Å². The average molecular weight is 424 g/mol. The molecule has 3 heterocycles. The number of likely N-dealkylation sites (tertiary alicyclic amines) is 1. The van der Waals surface area contributed by atoms with Crippen LogP contribution in [0.4, 0.5) is 5.69 Å². The molecule has 2 atom stereocenters. The van der Waals surface area contributed by atoms with Crippen LogP contribution in [-0.2, 0) is 9.59 Å². The van der Waals surface area contributed by atoms with E-state index in [0.29, 0.717) is 37.4 Å². The topological polar surface area (TPSA) is 98.4 Å². The number of aromatic nitrogens is 2. The highest BCUT2D eigenvalue weighted by molar-refractivity contribution is 6.01. The van der Waals surface area contributed by atoms with Crippen molar-refractivity contribution in [3.05, 3.63) is 47.3 Å². The number of piperidine rings is 1. The average Bonchev–Trinajstić information content (AvgIpc) is 3.29. The maximum Gasteiger partial charge on any atom is 0.257 e. The molecule has 8 nitrogen and oxygen atoms in total. The fraction of sp³-hybridized carbons (Fsp3) is 0.478. The van der Waals surface area contributed by atoms with Crippen molar-refractivity contribution in [3.8, 4) is 0 Å². The first-order valence-corrected chi connectivity index (χ1v) is 11.0. The molecule has 0 radical (unpaired) electrons. The summed E-state index contributed by atoms with van der Waals surface area (Å²) < 4.78 is 0. The van der Waals surface area contributed by atoms with Crippen molar-refractivity contribution in [1.82, 2.24) is 20.0 Å². The van der Waals surface area contributed by atoms with Gasteiger partial charge in [0.05, 0.1) is 23.4 Å². The van der Waals surface area contributed by atoms with E-state index in [0.717, 1.165) is 24.1 Å². The van der Waals surface area contributed by atoms with Crippen LogP contribution in [0.1, 0.15) is 66.6 Å². The first kappa shape index (κ1) is 21.1. The summed E-state index contributed by atoms with van der Waals surface area (Å²) in [6.07, 6.45) is 3.48. The summed E-state index contributed by atoms with van der Waals surface area (Å²) in [5.74, 6) is -0.644. The second kappa shape index (κ2) is 8.91. The van der Waals surface area contributed by atoms with Crippen molar-refractivity contribution in [1.29, 1.82) is 0 Å². The van der Waals surface area contributed by atoms with Gasteiger partial charge in [0, 0.05) is 44.2 Å². The summed E-state index contributed by atoms with van der Waals surface area (Å²) in [6.45, 7) is 6.36. The largest absolute Gasteiger partial charge is 0.341 e. The van der Waals surface area contributed by atoms with E-state index in [1.165, 1.54) is 0 Å². The Labute approximate surface area is 182 Å². The molecule has 1 aromatic heterocycles. The van der Waals surface area contributed by atoms with Gasteiger partial charge in [-0.3, -0.25) is 19.5 Å². The highest BCUT2D eigenvalue weighted by Crippen LogP contribution is 2.35. The Morgan fingerprint density at radius 3 is 2.77 bits per heavy atom. The standard InChI is InChI=1S/C23H29N5O3/c1-3-27(4-2)23(31)18-13-24-26-21(18)15-8-7-11-28(14-15)22(30)17-12-20(29)25-19-10-6-5-9-16(17)19/h5-6,9-10,13,15,17H,3-4,7-8,11-12,14H2,1-2H3,(H,24,26)(H,25,29)/t15-,17+/m0/s1. The zero-order valence-electron chi connectivity index (χ0n) is 18.1. The number of nitrogens with zero attached hydrogens (tertiary/aromatic N) is 3. The molecule has 1 saturated heterocycles. The lowest BCUT2D eigenvalue weighted by atomic mass is 9.87. The predicted octanol–water partition coefficient (Wildman–Crippen LogP) is 2.72. The van der Waals surface area contributed by atoms with E-state index in [2.05, 4.69) is 15.5 Å². The van der Waals surface area contributed by atoms with Crippen LogP contribution in [0.5, 0.6) is 0 Å². The van der Waals surface area contributed by atoms with Crippen LogP contribution in [0.15, 0.2) is 30.5 Å². The third-order valence-electron chi connectivity index (χ3n) is 6.39. The lowest BCUT2D eigenvalue weighted by Crippen LogP contribution is -2.43. The number of carbonyl (C=O) groups excluding carboxylic acids is 3. The highest BCUT2D eigenvalue weighted by atomic mass is 16.2. The van der Waals surface area contributed by atoms with Gasteiger partial charge in [-0.15, -0.1) is 0 Å². The van der Waals surface area contributed by atoms with Gasteiger partial charge < -0.3 is 15.1 Å². The molecule has 2 N–H and O–H groups in total. The summed E-state index contributed by atoms with van der Waals surface area (Å²) in [5.41, 5.74) is 2.97. The third kappa shape index (κ3) is 4.06. The maximum absolute atomic E-state index is 13.4. The molecule has 2 aliphatic rings. The molecule has 2 aliphatic heterocycles. The van der Waals surface area contributed by atoms with Gasteiger partial charge in [0.15, 0.2) is 0 Å². The van der Waals surface area contributed by atoms with Crippen LogP contribution in [0.2, 0.25) is 0 Å². The fourth-order valence-corrected chi connectivity index (χ4v) is 4.72. The molecular weight excluding hydrogens is 394 g/mol. The van der Waals surface area contributed by atoms with Crippen molar-refractivity contribution in [2.24, 2.45) is 0 Å². The highest BCUT2D eigenvalue weighted by Gasteiger charge is 2.36. The number of carbonyl (C=O) groups is 3. The number of nitrogens with one attached hydrogen (secondary N) is 2. The molecule has 2 aromatic rings. The molecule has 0 aliphatic carbocycles. The number of amides is 3. The van der Waals surface area contributed by atoms with E-state index in [1.54, 1.807) is 11.1 Å². The van der Waals surface area contributed by atoms with Gasteiger partial charge in [0.2, 0.25) is 11.8 Å². The number of H-pyrrole nitrogens is 1. The first-order valence-electron chi connectivity index (χ1n) is 11.0. The molecule has 31 heavy (non-hydrogen) atoms. The normalized spacial score (nSPS) is 20.7. The molecule has 164 valence electrons. The number of para-hydroxylation sites is 1. The SMILES string of the molecule is CCN(CC)C(=O)c1cn[nH]c1[C@H]1CCCN(C(=O)[C@@H]2CC(=O)Nc3ccccc32)C1. The quantitative estimate of drug-likeness (QED) is 0.773. The Morgan fingerprint density at radius 1 is 1.23 bits per heavy atom. The third-order valence-corrected chi connectivity index (χ3v) is 6.39. The summed E-state index contributed by atoms with van der Waals surface area (Å²) in [7, 11) is 0. The number of benzene rings is 1. The van der Waals surface area contributed by atoms with E-state index >= 15 is 0 Å². The Hall–Kier alpha value is -3.16. The molecule has 8 heteroatoms. The van der Waals surface area contributed by atoms with Crippen molar-refractivity contribution in [3.63, 3.8) is 0 Å². The van der Waals surface area contributed by atoms with Crippen molar-refractivity contribution < 1.29 is 14.4 Å². The zero-order valence-corrected chi connectivity index (χ0v) is 18.1. The Morgan fingerprint density at radius 2 is 2.00 bits per heavy atom. The van der Waals surface area contributed by atoms with Crippen molar-refractivity contribution in [2.45, 2.75) is 44.9 Å². The number of hydrogen-bond acceptors (Lipinski definition) is 4. The first-order chi connectivity index (χ1) is 15.0. The van der Waals surface area contributed by atoms with Crippen LogP contribution < -0.4 is 5.32 Å². The molecule has 0 unspecified atom stereocenters. The maximum atomic E-state index is 13.4. The molecule has 0 spiro atoms. The van der Waals surface area contributed by atoms with Crippen molar-refractivity contribution in [2.75, 3.05) is 31.5 Å². The molecule has 3 amide bonds. The minimum absolute atomic E-state index is 0.0161. The Kier molecular flexibility index (Phi) is 6.06. The second-order valence-electron chi connectivity index (χ2n) is 8.19. The molecule has 0 saturated carbocycles. The smallest absolute Gasteiger partial charge is 0.257 e. The van der Waals surface area contributed by atoms with E-state index in [1.807, 2.05) is 43.0 Å². The minimum Gasteiger partial charge on any atom is -0.341 e. The molecule has 0 bridgehead atoms. The van der Waals surface area contributed by atoms with Gasteiger partial charge in [-0.05, 0) is 38.3 Å². The number of aromatic amines is 1. The van der Waals surface area contributed by atoms with Crippen LogP contribution in [-0.4, -0.2) is 63.9 Å². The van der Waals surface area contributed by atoms with E-state index < -0.39 is 5.92 Å². The monoisotopic (exact) mass is 423 g/mol. The van der Waals surface area contributed by atoms with Gasteiger partial charge in [-0.2, -0.15) is 5.10 Å². The second-order valence-corrected chi connectivity index (χ2v) is 8.19. The number of fused-ring (bicyclic) bond motifs is 1. The van der Waals surface area contributed by atoms with E-state index in [4.69, 9.17) is 0 Å². The molecule has 1 aromatic carbocycles. The lowest BCUT2D eigenvalue weighted by Gasteiger charge is -2.36. The number of rotatable bonds is 5. The summed E-state index contributed by atoms with van der Waals surface area (Å²) in [6, 6.07) is 7.50. The molecular formula is C23H29N5O3. The Bertz CT molecular complexity index is 981. The van der Waals surface area contributed by atoms with Crippen molar-refractivity contribution >= 4 is 23.4 Å². The van der Waals surface area contributed by atoms with E-state index in [-0.39, 0.29) is 30.1 Å². The lowest BCUT2D eigenvalue weighted by molar-refractivity contribution is -0.136. The van der Waals surface area contributed by atoms with Crippen LogP contribution in [0.25, 0.3) is 0 Å². The zero-order chi connectivity index (χ0) is 22.0. The van der Waals surface area contributed by atoms with Crippen LogP contribution in [0, 0.1) is 0 Å². The fourth-order valence-electron chi connectivity index (χ4n) is 4.72. The summed E-state index contributed by atoms with van der Waals surface area (Å²) >= 11 is 0. The Balaban J connectivity index is 1.54. The molecule has 1 fully saturated rings. The summed E-state index contributed by atoms with van der Waals surface area (Å²) in [4.78, 5) is 42.2. The van der Waals surface area contributed by atoms with E-state index in [9.17, 15) is 14.4 Å². The number of anilines is 1. The van der Waals surface area contributed by atoms with Gasteiger partial charge in [0.25, 0.3) is 5.91 Å². The van der Waals surface area contributed by atoms with Gasteiger partial charge in [-0.1, -0.05) is 18.2 Å². The van der Waals surface area contributed by atoms with Crippen LogP contribution >= 0.6 is 0 Å².